The number of amides is 1. The predicted molar refractivity (Wildman–Crippen MR) is 74.9 cm³/mol. The molecule has 1 N–H and O–H groups in total. The Balaban J connectivity index is 2.05. The molecule has 2 rings (SSSR count). The minimum absolute atomic E-state index is 0.0403. The van der Waals surface area contributed by atoms with E-state index in [-0.39, 0.29) is 9.96 Å². The standard InChI is InChI=1S/C13H11IN2O/c14-12(10-5-2-1-3-6-10)16-13(17)11-7-4-8-15-9-11/h1-9,12H,(H,16,17). The first-order valence-electron chi connectivity index (χ1n) is 5.17. The quantitative estimate of drug-likeness (QED) is 0.531. The molecule has 1 aromatic carbocycles. The van der Waals surface area contributed by atoms with Gasteiger partial charge in [0.1, 0.15) is 4.05 Å². The Morgan fingerprint density at radius 3 is 2.59 bits per heavy atom. The number of carbonyl (C=O) groups is 1. The second kappa shape index (κ2) is 5.77. The summed E-state index contributed by atoms with van der Waals surface area (Å²) in [4.78, 5) is 15.8. The highest BCUT2D eigenvalue weighted by atomic mass is 127. The molecule has 0 aliphatic heterocycles. The lowest BCUT2D eigenvalue weighted by Crippen LogP contribution is -2.24. The van der Waals surface area contributed by atoms with Crippen LogP contribution in [-0.4, -0.2) is 10.9 Å². The number of nitrogens with one attached hydrogen (secondary N) is 1. The number of rotatable bonds is 3. The summed E-state index contributed by atoms with van der Waals surface area (Å²) in [5.74, 6) is -0.110. The van der Waals surface area contributed by atoms with E-state index in [2.05, 4.69) is 32.9 Å². The zero-order valence-electron chi connectivity index (χ0n) is 9.01. The second-order valence-electron chi connectivity index (χ2n) is 3.49. The van der Waals surface area contributed by atoms with Crippen LogP contribution >= 0.6 is 22.6 Å². The lowest BCUT2D eigenvalue weighted by molar-refractivity contribution is 0.0951. The van der Waals surface area contributed by atoms with Crippen molar-refractivity contribution in [3.63, 3.8) is 0 Å². The summed E-state index contributed by atoms with van der Waals surface area (Å²) in [6.45, 7) is 0. The monoisotopic (exact) mass is 338 g/mol. The third kappa shape index (κ3) is 3.26. The van der Waals surface area contributed by atoms with Crippen LogP contribution in [0, 0.1) is 0 Å². The third-order valence-corrected chi connectivity index (χ3v) is 3.30. The average molecular weight is 338 g/mol. The predicted octanol–water partition coefficient (Wildman–Crippen LogP) is 2.95. The SMILES string of the molecule is O=C(NC(I)c1ccccc1)c1cccnc1. The normalized spacial score (nSPS) is 11.8. The highest BCUT2D eigenvalue weighted by molar-refractivity contribution is 14.1. The number of hydrogen-bond donors (Lipinski definition) is 1. The molecule has 0 saturated heterocycles. The summed E-state index contributed by atoms with van der Waals surface area (Å²) < 4.78 is -0.0403. The van der Waals surface area contributed by atoms with Crippen LogP contribution in [0.4, 0.5) is 0 Å². The molecule has 4 heteroatoms. The Labute approximate surface area is 113 Å². The molecule has 86 valence electrons. The molecule has 17 heavy (non-hydrogen) atoms. The summed E-state index contributed by atoms with van der Waals surface area (Å²) in [6, 6.07) is 13.3. The van der Waals surface area contributed by atoms with Gasteiger partial charge in [-0.2, -0.15) is 0 Å². The lowest BCUT2D eigenvalue weighted by Gasteiger charge is -2.12. The van der Waals surface area contributed by atoms with Crippen LogP contribution < -0.4 is 5.32 Å². The molecule has 1 aromatic heterocycles. The van der Waals surface area contributed by atoms with E-state index >= 15 is 0 Å². The second-order valence-corrected chi connectivity index (χ2v) is 4.73. The number of pyridine rings is 1. The van der Waals surface area contributed by atoms with Gasteiger partial charge in [-0.3, -0.25) is 9.78 Å². The Hall–Kier alpha value is -1.43. The molecule has 1 heterocycles. The van der Waals surface area contributed by atoms with Crippen molar-refractivity contribution in [2.45, 2.75) is 4.05 Å². The maximum atomic E-state index is 11.9. The molecule has 0 radical (unpaired) electrons. The first-order valence-corrected chi connectivity index (χ1v) is 6.42. The summed E-state index contributed by atoms with van der Waals surface area (Å²) in [6.07, 6.45) is 3.21. The van der Waals surface area contributed by atoms with Gasteiger partial charge < -0.3 is 5.32 Å². The van der Waals surface area contributed by atoms with Crippen molar-refractivity contribution < 1.29 is 4.79 Å². The van der Waals surface area contributed by atoms with Gasteiger partial charge in [0.2, 0.25) is 0 Å². The van der Waals surface area contributed by atoms with E-state index in [1.54, 1.807) is 24.5 Å². The number of benzene rings is 1. The van der Waals surface area contributed by atoms with Crippen LogP contribution in [0.5, 0.6) is 0 Å². The van der Waals surface area contributed by atoms with Crippen molar-refractivity contribution >= 4 is 28.5 Å². The number of aromatic nitrogens is 1. The van der Waals surface area contributed by atoms with E-state index in [4.69, 9.17) is 0 Å². The van der Waals surface area contributed by atoms with Gasteiger partial charge in [0.05, 0.1) is 5.56 Å². The van der Waals surface area contributed by atoms with E-state index in [0.717, 1.165) is 5.56 Å². The van der Waals surface area contributed by atoms with Crippen molar-refractivity contribution in [2.24, 2.45) is 0 Å². The summed E-state index contributed by atoms with van der Waals surface area (Å²) in [5.41, 5.74) is 1.65. The van der Waals surface area contributed by atoms with E-state index in [1.807, 2.05) is 30.3 Å². The molecule has 0 saturated carbocycles. The smallest absolute Gasteiger partial charge is 0.253 e. The zero-order chi connectivity index (χ0) is 12.1. The zero-order valence-corrected chi connectivity index (χ0v) is 11.2. The Morgan fingerprint density at radius 1 is 1.18 bits per heavy atom. The average Bonchev–Trinajstić information content (AvgIpc) is 2.40. The maximum absolute atomic E-state index is 11.9. The number of hydrogen-bond acceptors (Lipinski definition) is 2. The van der Waals surface area contributed by atoms with Gasteiger partial charge in [-0.15, -0.1) is 0 Å². The molecule has 0 fully saturated rings. The van der Waals surface area contributed by atoms with Crippen molar-refractivity contribution in [1.29, 1.82) is 0 Å². The molecular formula is C13H11IN2O. The van der Waals surface area contributed by atoms with Crippen molar-refractivity contribution in [1.82, 2.24) is 10.3 Å². The Morgan fingerprint density at radius 2 is 1.94 bits per heavy atom. The molecule has 0 spiro atoms. The first-order chi connectivity index (χ1) is 8.27. The fraction of sp³-hybridized carbons (Fsp3) is 0.0769. The van der Waals surface area contributed by atoms with Gasteiger partial charge in [-0.1, -0.05) is 52.9 Å². The topological polar surface area (TPSA) is 42.0 Å². The van der Waals surface area contributed by atoms with Crippen LogP contribution in [0.15, 0.2) is 54.9 Å². The number of halogens is 1. The largest absolute Gasteiger partial charge is 0.336 e. The summed E-state index contributed by atoms with van der Waals surface area (Å²) in [7, 11) is 0. The summed E-state index contributed by atoms with van der Waals surface area (Å²) in [5, 5.41) is 2.92. The van der Waals surface area contributed by atoms with Gasteiger partial charge in [-0.05, 0) is 17.7 Å². The van der Waals surface area contributed by atoms with Gasteiger partial charge in [0, 0.05) is 12.4 Å². The van der Waals surface area contributed by atoms with Gasteiger partial charge in [-0.25, -0.2) is 0 Å². The Bertz CT molecular complexity index is 487. The maximum Gasteiger partial charge on any atom is 0.253 e. The van der Waals surface area contributed by atoms with Crippen molar-refractivity contribution in [2.75, 3.05) is 0 Å². The molecule has 0 bridgehead atoms. The molecule has 1 amide bonds. The minimum Gasteiger partial charge on any atom is -0.336 e. The van der Waals surface area contributed by atoms with E-state index < -0.39 is 0 Å². The van der Waals surface area contributed by atoms with Crippen molar-refractivity contribution in [3.8, 4) is 0 Å². The van der Waals surface area contributed by atoms with Gasteiger partial charge in [0.15, 0.2) is 0 Å². The molecular weight excluding hydrogens is 327 g/mol. The van der Waals surface area contributed by atoms with Crippen molar-refractivity contribution in [3.05, 3.63) is 66.0 Å². The van der Waals surface area contributed by atoms with Crippen LogP contribution in [0.3, 0.4) is 0 Å². The molecule has 1 atom stereocenters. The molecule has 3 nitrogen and oxygen atoms in total. The lowest BCUT2D eigenvalue weighted by atomic mass is 10.2. The van der Waals surface area contributed by atoms with Gasteiger partial charge >= 0.3 is 0 Å². The summed E-state index contributed by atoms with van der Waals surface area (Å²) >= 11 is 2.20. The van der Waals surface area contributed by atoms with Crippen LogP contribution in [0.1, 0.15) is 20.0 Å². The third-order valence-electron chi connectivity index (χ3n) is 2.27. The number of alkyl halides is 1. The minimum atomic E-state index is -0.110. The fourth-order valence-electron chi connectivity index (χ4n) is 1.40. The molecule has 2 aromatic rings. The van der Waals surface area contributed by atoms with Crippen LogP contribution in [-0.2, 0) is 0 Å². The Kier molecular flexibility index (Phi) is 4.08. The first kappa shape index (κ1) is 12.0. The highest BCUT2D eigenvalue weighted by Crippen LogP contribution is 2.19. The molecule has 0 aliphatic rings. The van der Waals surface area contributed by atoms with E-state index in [1.165, 1.54) is 0 Å². The van der Waals surface area contributed by atoms with Crippen LogP contribution in [0.2, 0.25) is 0 Å². The number of nitrogens with zero attached hydrogens (tertiary/aromatic N) is 1. The number of carbonyl (C=O) groups excluding carboxylic acids is 1. The van der Waals surface area contributed by atoms with E-state index in [9.17, 15) is 4.79 Å². The van der Waals surface area contributed by atoms with Crippen LogP contribution in [0.25, 0.3) is 0 Å². The van der Waals surface area contributed by atoms with Gasteiger partial charge in [0.25, 0.3) is 5.91 Å². The molecule has 0 aliphatic carbocycles. The van der Waals surface area contributed by atoms with E-state index in [0.29, 0.717) is 5.56 Å². The molecule has 1 unspecified atom stereocenters. The highest BCUT2D eigenvalue weighted by Gasteiger charge is 2.11. The fourth-order valence-corrected chi connectivity index (χ4v) is 2.10.